The van der Waals surface area contributed by atoms with Gasteiger partial charge in [0, 0.05) is 23.2 Å². The van der Waals surface area contributed by atoms with Crippen LogP contribution in [0.4, 0.5) is 0 Å². The molecule has 0 aliphatic rings. The molecule has 5 nitrogen and oxygen atoms in total. The number of fused-ring (bicyclic) bond motifs is 1. The molecule has 0 fully saturated rings. The number of halogens is 1. The highest BCUT2D eigenvalue weighted by Crippen LogP contribution is 2.24. The standard InChI is InChI=1S/C21H16ClN3O2S/c1-14-5-7-15(8-6-14)21-23-16(13-28-21)12-27-19(26)10-9-17-20(22)24-18-4-2-3-11-25(17)18/h2-11,13H,12H2,1H3/b10-9+. The summed E-state index contributed by atoms with van der Waals surface area (Å²) in [6, 6.07) is 13.8. The van der Waals surface area contributed by atoms with Gasteiger partial charge in [-0.2, -0.15) is 0 Å². The monoisotopic (exact) mass is 409 g/mol. The number of nitrogens with zero attached hydrogens (tertiary/aromatic N) is 3. The second-order valence-corrected chi connectivity index (χ2v) is 7.38. The predicted octanol–water partition coefficient (Wildman–Crippen LogP) is 5.18. The molecule has 28 heavy (non-hydrogen) atoms. The molecule has 0 radical (unpaired) electrons. The molecular weight excluding hydrogens is 394 g/mol. The number of aryl methyl sites for hydroxylation is 1. The highest BCUT2D eigenvalue weighted by Gasteiger charge is 2.09. The Morgan fingerprint density at radius 2 is 2.04 bits per heavy atom. The van der Waals surface area contributed by atoms with E-state index in [0.717, 1.165) is 16.3 Å². The maximum atomic E-state index is 12.1. The van der Waals surface area contributed by atoms with E-state index in [1.165, 1.54) is 23.0 Å². The molecule has 0 spiro atoms. The van der Waals surface area contributed by atoms with E-state index in [2.05, 4.69) is 9.97 Å². The molecular formula is C21H16ClN3O2S. The third-order valence-electron chi connectivity index (χ3n) is 4.11. The lowest BCUT2D eigenvalue weighted by Crippen LogP contribution is -2.01. The molecule has 7 heteroatoms. The van der Waals surface area contributed by atoms with Crippen molar-refractivity contribution in [2.24, 2.45) is 0 Å². The van der Waals surface area contributed by atoms with Crippen LogP contribution in [-0.2, 0) is 16.1 Å². The van der Waals surface area contributed by atoms with Gasteiger partial charge in [-0.3, -0.25) is 4.40 Å². The van der Waals surface area contributed by atoms with Crippen molar-refractivity contribution in [3.8, 4) is 10.6 Å². The maximum Gasteiger partial charge on any atom is 0.331 e. The Morgan fingerprint density at radius 1 is 1.21 bits per heavy atom. The van der Waals surface area contributed by atoms with Gasteiger partial charge >= 0.3 is 5.97 Å². The number of imidazole rings is 1. The maximum absolute atomic E-state index is 12.1. The summed E-state index contributed by atoms with van der Waals surface area (Å²) in [4.78, 5) is 20.8. The van der Waals surface area contributed by atoms with Crippen LogP contribution in [0, 0.1) is 6.92 Å². The number of carbonyl (C=O) groups is 1. The molecule has 140 valence electrons. The average Bonchev–Trinajstić information content (AvgIpc) is 3.29. The van der Waals surface area contributed by atoms with E-state index in [1.807, 2.05) is 61.0 Å². The van der Waals surface area contributed by atoms with Gasteiger partial charge in [0.2, 0.25) is 0 Å². The van der Waals surface area contributed by atoms with E-state index in [4.69, 9.17) is 16.3 Å². The van der Waals surface area contributed by atoms with Crippen LogP contribution in [0.5, 0.6) is 0 Å². The number of carbonyl (C=O) groups excluding carboxylic acids is 1. The lowest BCUT2D eigenvalue weighted by atomic mass is 10.2. The lowest BCUT2D eigenvalue weighted by molar-refractivity contribution is -0.139. The fourth-order valence-corrected chi connectivity index (χ4v) is 3.73. The first-order valence-corrected chi connectivity index (χ1v) is 9.85. The van der Waals surface area contributed by atoms with Crippen molar-refractivity contribution in [1.82, 2.24) is 14.4 Å². The van der Waals surface area contributed by atoms with E-state index in [1.54, 1.807) is 10.5 Å². The number of hydrogen-bond donors (Lipinski definition) is 0. The Bertz CT molecular complexity index is 1160. The van der Waals surface area contributed by atoms with E-state index in [-0.39, 0.29) is 6.61 Å². The van der Waals surface area contributed by atoms with Crippen LogP contribution in [0.2, 0.25) is 5.15 Å². The number of hydrogen-bond acceptors (Lipinski definition) is 5. The number of ether oxygens (including phenoxy) is 1. The van der Waals surface area contributed by atoms with E-state index < -0.39 is 5.97 Å². The summed E-state index contributed by atoms with van der Waals surface area (Å²) >= 11 is 7.68. The molecule has 0 saturated heterocycles. The Morgan fingerprint density at radius 3 is 2.86 bits per heavy atom. The highest BCUT2D eigenvalue weighted by molar-refractivity contribution is 7.13. The molecule has 3 aromatic heterocycles. The second kappa shape index (κ2) is 7.96. The molecule has 0 unspecified atom stereocenters. The van der Waals surface area contributed by atoms with Gasteiger partial charge in [-0.15, -0.1) is 11.3 Å². The first-order chi connectivity index (χ1) is 13.6. The molecule has 0 saturated carbocycles. The van der Waals surface area contributed by atoms with Crippen LogP contribution in [0.3, 0.4) is 0 Å². The topological polar surface area (TPSA) is 56.5 Å². The third-order valence-corrected chi connectivity index (χ3v) is 5.33. The molecule has 0 bridgehead atoms. The van der Waals surface area contributed by atoms with Gasteiger partial charge in [0.05, 0.1) is 11.4 Å². The fraction of sp³-hybridized carbons (Fsp3) is 0.0952. The minimum absolute atomic E-state index is 0.117. The molecule has 4 rings (SSSR count). The van der Waals surface area contributed by atoms with Crippen molar-refractivity contribution in [1.29, 1.82) is 0 Å². The van der Waals surface area contributed by atoms with Crippen LogP contribution >= 0.6 is 22.9 Å². The van der Waals surface area contributed by atoms with Crippen molar-refractivity contribution in [3.63, 3.8) is 0 Å². The summed E-state index contributed by atoms with van der Waals surface area (Å²) in [5, 5.41) is 3.13. The zero-order chi connectivity index (χ0) is 19.5. The molecule has 4 aromatic rings. The first kappa shape index (κ1) is 18.4. The first-order valence-electron chi connectivity index (χ1n) is 8.59. The minimum atomic E-state index is -0.466. The molecule has 0 amide bonds. The van der Waals surface area contributed by atoms with Crippen molar-refractivity contribution >= 4 is 40.6 Å². The summed E-state index contributed by atoms with van der Waals surface area (Å²) in [6.45, 7) is 2.16. The largest absolute Gasteiger partial charge is 0.456 e. The summed E-state index contributed by atoms with van der Waals surface area (Å²) in [5.74, 6) is -0.466. The zero-order valence-corrected chi connectivity index (χ0v) is 16.6. The third kappa shape index (κ3) is 3.98. The zero-order valence-electron chi connectivity index (χ0n) is 15.0. The second-order valence-electron chi connectivity index (χ2n) is 6.17. The van der Waals surface area contributed by atoms with Gasteiger partial charge < -0.3 is 4.74 Å². The number of aromatic nitrogens is 3. The van der Waals surface area contributed by atoms with Gasteiger partial charge in [-0.25, -0.2) is 14.8 Å². The number of thiazole rings is 1. The van der Waals surface area contributed by atoms with Crippen molar-refractivity contribution in [2.45, 2.75) is 13.5 Å². The SMILES string of the molecule is Cc1ccc(-c2nc(COC(=O)/C=C/c3c(Cl)nc4ccccn34)cs2)cc1. The van der Waals surface area contributed by atoms with E-state index in [0.29, 0.717) is 16.5 Å². The van der Waals surface area contributed by atoms with E-state index >= 15 is 0 Å². The van der Waals surface area contributed by atoms with Crippen LogP contribution in [0.25, 0.3) is 22.3 Å². The highest BCUT2D eigenvalue weighted by atomic mass is 35.5. The van der Waals surface area contributed by atoms with Crippen LogP contribution < -0.4 is 0 Å². The summed E-state index contributed by atoms with van der Waals surface area (Å²) < 4.78 is 7.10. The minimum Gasteiger partial charge on any atom is -0.456 e. The predicted molar refractivity (Wildman–Crippen MR) is 111 cm³/mol. The van der Waals surface area contributed by atoms with E-state index in [9.17, 15) is 4.79 Å². The quantitative estimate of drug-likeness (QED) is 0.337. The molecule has 3 heterocycles. The van der Waals surface area contributed by atoms with Gasteiger partial charge in [-0.05, 0) is 25.1 Å². The summed E-state index contributed by atoms with van der Waals surface area (Å²) in [5.41, 5.74) is 4.31. The molecule has 0 N–H and O–H groups in total. The van der Waals surface area contributed by atoms with Crippen LogP contribution in [0.15, 0.2) is 60.1 Å². The number of benzene rings is 1. The normalized spacial score (nSPS) is 11.4. The Balaban J connectivity index is 1.40. The van der Waals surface area contributed by atoms with Gasteiger partial charge in [-0.1, -0.05) is 47.5 Å². The van der Waals surface area contributed by atoms with Gasteiger partial charge in [0.25, 0.3) is 0 Å². The fourth-order valence-electron chi connectivity index (χ4n) is 2.68. The Kier molecular flexibility index (Phi) is 5.23. The Labute approximate surface area is 170 Å². The summed E-state index contributed by atoms with van der Waals surface area (Å²) in [6.07, 6.45) is 4.78. The number of rotatable bonds is 5. The van der Waals surface area contributed by atoms with Crippen molar-refractivity contribution < 1.29 is 9.53 Å². The molecule has 0 aliphatic carbocycles. The average molecular weight is 410 g/mol. The molecule has 0 aliphatic heterocycles. The van der Waals surface area contributed by atoms with Gasteiger partial charge in [0.15, 0.2) is 5.15 Å². The van der Waals surface area contributed by atoms with Crippen molar-refractivity contribution in [3.05, 3.63) is 82.2 Å². The summed E-state index contributed by atoms with van der Waals surface area (Å²) in [7, 11) is 0. The molecule has 0 atom stereocenters. The van der Waals surface area contributed by atoms with Crippen molar-refractivity contribution in [2.75, 3.05) is 0 Å². The smallest absolute Gasteiger partial charge is 0.331 e. The van der Waals surface area contributed by atoms with Crippen LogP contribution in [0.1, 0.15) is 17.0 Å². The lowest BCUT2D eigenvalue weighted by Gasteiger charge is -2.00. The number of pyridine rings is 1. The molecule has 1 aromatic carbocycles. The Hall–Kier alpha value is -2.96. The van der Waals surface area contributed by atoms with Gasteiger partial charge in [0.1, 0.15) is 17.3 Å². The van der Waals surface area contributed by atoms with Crippen LogP contribution in [-0.4, -0.2) is 20.3 Å². The number of esters is 1.